The Bertz CT molecular complexity index is 785. The number of aromatic nitrogens is 3. The summed E-state index contributed by atoms with van der Waals surface area (Å²) in [5.74, 6) is 0. The highest BCUT2D eigenvalue weighted by Crippen LogP contribution is 2.27. The normalized spacial score (nSPS) is 10.5. The SMILES string of the molecule is Cc1cc(Sc2nnc3ccccn23)ccc1C#N. The van der Waals surface area contributed by atoms with Gasteiger partial charge in [0, 0.05) is 11.1 Å². The van der Waals surface area contributed by atoms with Crippen LogP contribution in [0.4, 0.5) is 0 Å². The highest BCUT2D eigenvalue weighted by atomic mass is 32.2. The third-order valence-electron chi connectivity index (χ3n) is 2.81. The van der Waals surface area contributed by atoms with E-state index in [-0.39, 0.29) is 0 Å². The number of aryl methyl sites for hydroxylation is 1. The van der Waals surface area contributed by atoms with Crippen LogP contribution in [0.15, 0.2) is 52.6 Å². The maximum Gasteiger partial charge on any atom is 0.200 e. The molecule has 4 nitrogen and oxygen atoms in total. The van der Waals surface area contributed by atoms with Gasteiger partial charge in [0.2, 0.25) is 0 Å². The maximum atomic E-state index is 8.92. The molecule has 2 aromatic heterocycles. The summed E-state index contributed by atoms with van der Waals surface area (Å²) in [6.45, 7) is 1.94. The summed E-state index contributed by atoms with van der Waals surface area (Å²) in [5, 5.41) is 18.0. The van der Waals surface area contributed by atoms with Gasteiger partial charge in [-0.3, -0.25) is 4.40 Å². The zero-order valence-corrected chi connectivity index (χ0v) is 11.1. The van der Waals surface area contributed by atoms with Crippen molar-refractivity contribution in [1.82, 2.24) is 14.6 Å². The second-order valence-corrected chi connectivity index (χ2v) is 5.14. The highest BCUT2D eigenvalue weighted by Gasteiger charge is 2.07. The van der Waals surface area contributed by atoms with Gasteiger partial charge < -0.3 is 0 Å². The second-order valence-electron chi connectivity index (χ2n) is 4.10. The van der Waals surface area contributed by atoms with E-state index in [1.54, 1.807) is 0 Å². The molecule has 0 aliphatic heterocycles. The molecule has 2 heterocycles. The van der Waals surface area contributed by atoms with Gasteiger partial charge in [0.05, 0.1) is 11.6 Å². The Morgan fingerprint density at radius 3 is 2.89 bits per heavy atom. The van der Waals surface area contributed by atoms with E-state index in [1.165, 1.54) is 11.8 Å². The van der Waals surface area contributed by atoms with E-state index in [0.717, 1.165) is 21.3 Å². The Morgan fingerprint density at radius 1 is 1.21 bits per heavy atom. The van der Waals surface area contributed by atoms with Crippen molar-refractivity contribution in [1.29, 1.82) is 5.26 Å². The van der Waals surface area contributed by atoms with Gasteiger partial charge >= 0.3 is 0 Å². The summed E-state index contributed by atoms with van der Waals surface area (Å²) in [4.78, 5) is 1.05. The minimum absolute atomic E-state index is 0.704. The summed E-state index contributed by atoms with van der Waals surface area (Å²) < 4.78 is 1.94. The van der Waals surface area contributed by atoms with Gasteiger partial charge in [-0.05, 0) is 54.6 Å². The average Bonchev–Trinajstić information content (AvgIpc) is 2.83. The van der Waals surface area contributed by atoms with Crippen LogP contribution in [0.2, 0.25) is 0 Å². The molecule has 0 atom stereocenters. The van der Waals surface area contributed by atoms with Crippen molar-refractivity contribution in [3.05, 3.63) is 53.7 Å². The molecule has 0 amide bonds. The highest BCUT2D eigenvalue weighted by molar-refractivity contribution is 7.99. The van der Waals surface area contributed by atoms with Crippen molar-refractivity contribution >= 4 is 17.4 Å². The predicted octanol–water partition coefficient (Wildman–Crippen LogP) is 3.06. The first kappa shape index (κ1) is 11.8. The van der Waals surface area contributed by atoms with E-state index >= 15 is 0 Å². The van der Waals surface area contributed by atoms with Crippen LogP contribution in [0, 0.1) is 18.3 Å². The van der Waals surface area contributed by atoms with E-state index in [1.807, 2.05) is 53.9 Å². The minimum Gasteiger partial charge on any atom is -0.277 e. The number of rotatable bonds is 2. The van der Waals surface area contributed by atoms with Crippen molar-refractivity contribution in [2.24, 2.45) is 0 Å². The molecule has 0 spiro atoms. The minimum atomic E-state index is 0.704. The van der Waals surface area contributed by atoms with Gasteiger partial charge in [-0.1, -0.05) is 6.07 Å². The molecule has 3 rings (SSSR count). The van der Waals surface area contributed by atoms with Crippen LogP contribution in [0.5, 0.6) is 0 Å². The third-order valence-corrected chi connectivity index (χ3v) is 3.76. The number of nitriles is 1. The van der Waals surface area contributed by atoms with Gasteiger partial charge in [-0.25, -0.2) is 0 Å². The van der Waals surface area contributed by atoms with Crippen LogP contribution >= 0.6 is 11.8 Å². The summed E-state index contributed by atoms with van der Waals surface area (Å²) >= 11 is 1.54. The van der Waals surface area contributed by atoms with Crippen LogP contribution in [0.1, 0.15) is 11.1 Å². The number of hydrogen-bond donors (Lipinski definition) is 0. The van der Waals surface area contributed by atoms with E-state index in [9.17, 15) is 0 Å². The molecule has 0 radical (unpaired) electrons. The summed E-state index contributed by atoms with van der Waals surface area (Å²) in [6, 6.07) is 13.7. The van der Waals surface area contributed by atoms with Crippen LogP contribution in [-0.2, 0) is 0 Å². The van der Waals surface area contributed by atoms with E-state index < -0.39 is 0 Å². The zero-order valence-electron chi connectivity index (χ0n) is 10.2. The molecule has 0 bridgehead atoms. The molecule has 0 aliphatic rings. The van der Waals surface area contributed by atoms with Crippen molar-refractivity contribution in [2.45, 2.75) is 17.0 Å². The molecule has 0 fully saturated rings. The standard InChI is InChI=1S/C14H10N4S/c1-10-8-12(6-5-11(10)9-15)19-14-17-16-13-4-2-3-7-18(13)14/h2-8H,1H3. The smallest absolute Gasteiger partial charge is 0.200 e. The van der Waals surface area contributed by atoms with Crippen molar-refractivity contribution in [3.8, 4) is 6.07 Å². The lowest BCUT2D eigenvalue weighted by molar-refractivity contribution is 0.921. The van der Waals surface area contributed by atoms with Gasteiger partial charge in [0.1, 0.15) is 0 Å². The van der Waals surface area contributed by atoms with Crippen LogP contribution < -0.4 is 0 Å². The molecule has 5 heteroatoms. The fraction of sp³-hybridized carbons (Fsp3) is 0.0714. The van der Waals surface area contributed by atoms with Crippen molar-refractivity contribution < 1.29 is 0 Å². The molecule has 1 aromatic carbocycles. The Labute approximate surface area is 114 Å². The van der Waals surface area contributed by atoms with E-state index in [0.29, 0.717) is 5.56 Å². The lowest BCUT2D eigenvalue weighted by Gasteiger charge is -2.02. The first-order valence-corrected chi connectivity index (χ1v) is 6.58. The largest absolute Gasteiger partial charge is 0.277 e. The monoisotopic (exact) mass is 266 g/mol. The maximum absolute atomic E-state index is 8.92. The molecule has 3 aromatic rings. The molecule has 0 unspecified atom stereocenters. The predicted molar refractivity (Wildman–Crippen MR) is 73.0 cm³/mol. The van der Waals surface area contributed by atoms with E-state index in [4.69, 9.17) is 5.26 Å². The number of nitrogens with zero attached hydrogens (tertiary/aromatic N) is 4. The molecular formula is C14H10N4S. The summed E-state index contributed by atoms with van der Waals surface area (Å²) in [6.07, 6.45) is 1.94. The number of benzene rings is 1. The fourth-order valence-corrected chi connectivity index (χ4v) is 2.74. The van der Waals surface area contributed by atoms with Crippen LogP contribution in [-0.4, -0.2) is 14.6 Å². The Balaban J connectivity index is 1.97. The van der Waals surface area contributed by atoms with E-state index in [2.05, 4.69) is 16.3 Å². The van der Waals surface area contributed by atoms with Gasteiger partial charge in [-0.2, -0.15) is 5.26 Å². The molecule has 0 saturated carbocycles. The summed E-state index contributed by atoms with van der Waals surface area (Å²) in [5.41, 5.74) is 2.51. The second kappa shape index (κ2) is 4.75. The molecule has 0 aliphatic carbocycles. The lowest BCUT2D eigenvalue weighted by atomic mass is 10.1. The number of pyridine rings is 1. The topological polar surface area (TPSA) is 54.0 Å². The fourth-order valence-electron chi connectivity index (χ4n) is 1.82. The Hall–Kier alpha value is -2.32. The molecule has 0 saturated heterocycles. The van der Waals surface area contributed by atoms with Crippen LogP contribution in [0.3, 0.4) is 0 Å². The molecule has 0 N–H and O–H groups in total. The number of hydrogen-bond acceptors (Lipinski definition) is 4. The Kier molecular flexibility index (Phi) is 2.94. The lowest BCUT2D eigenvalue weighted by Crippen LogP contribution is -1.87. The van der Waals surface area contributed by atoms with Gasteiger partial charge in [-0.15, -0.1) is 10.2 Å². The van der Waals surface area contributed by atoms with Gasteiger partial charge in [0.25, 0.3) is 0 Å². The number of fused-ring (bicyclic) bond motifs is 1. The molecule has 19 heavy (non-hydrogen) atoms. The average molecular weight is 266 g/mol. The molecule has 92 valence electrons. The first-order valence-electron chi connectivity index (χ1n) is 5.76. The molecular weight excluding hydrogens is 256 g/mol. The first-order chi connectivity index (χ1) is 9.28. The summed E-state index contributed by atoms with van der Waals surface area (Å²) in [7, 11) is 0. The quantitative estimate of drug-likeness (QED) is 0.715. The third kappa shape index (κ3) is 2.18. The van der Waals surface area contributed by atoms with Crippen LogP contribution in [0.25, 0.3) is 5.65 Å². The van der Waals surface area contributed by atoms with Crippen molar-refractivity contribution in [3.63, 3.8) is 0 Å². The van der Waals surface area contributed by atoms with Crippen molar-refractivity contribution in [2.75, 3.05) is 0 Å². The van der Waals surface area contributed by atoms with Gasteiger partial charge in [0.15, 0.2) is 10.8 Å². The zero-order chi connectivity index (χ0) is 13.2. The Morgan fingerprint density at radius 2 is 2.11 bits per heavy atom.